The predicted octanol–water partition coefficient (Wildman–Crippen LogP) is 3.57. The van der Waals surface area contributed by atoms with E-state index >= 15 is 8.78 Å². The first kappa shape index (κ1) is 17.3. The lowest BCUT2D eigenvalue weighted by Crippen LogP contribution is -2.51. The highest BCUT2D eigenvalue weighted by Gasteiger charge is 2.45. The number of halogens is 2. The number of hydrogen-bond acceptors (Lipinski definition) is 3. The summed E-state index contributed by atoms with van der Waals surface area (Å²) in [5.74, 6) is -3.23. The van der Waals surface area contributed by atoms with E-state index in [0.717, 1.165) is 21.5 Å². The summed E-state index contributed by atoms with van der Waals surface area (Å²) in [7, 11) is 0. The number of nitrogens with one attached hydrogen (secondary N) is 1. The molecule has 5 heteroatoms. The van der Waals surface area contributed by atoms with E-state index < -0.39 is 18.6 Å². The lowest BCUT2D eigenvalue weighted by atomic mass is 9.88. The molecule has 0 aliphatic carbocycles. The topological polar surface area (TPSA) is 35.5 Å². The van der Waals surface area contributed by atoms with Gasteiger partial charge in [-0.2, -0.15) is 0 Å². The van der Waals surface area contributed by atoms with Crippen molar-refractivity contribution in [1.82, 2.24) is 10.2 Å². The normalized spacial score (nSPS) is 17.7. The number of aliphatic hydroxyl groups excluding tert-OH is 1. The summed E-state index contributed by atoms with van der Waals surface area (Å²) in [5.41, 5.74) is 0.611. The van der Waals surface area contributed by atoms with E-state index in [4.69, 9.17) is 0 Å². The van der Waals surface area contributed by atoms with Crippen LogP contribution in [0.5, 0.6) is 0 Å². The summed E-state index contributed by atoms with van der Waals surface area (Å²) >= 11 is 0. The standard InChI is InChI=1S/C21H22F2N2O/c22-21(23,14-26)20(25-11-9-24-10-12-25)19-17-7-3-1-5-15(17)13-16-6-2-4-8-18(16)19/h1-8,13,20,24,26H,9-12,14H2/t20-/m0/s1. The largest absolute Gasteiger partial charge is 0.390 e. The third-order valence-corrected chi connectivity index (χ3v) is 5.21. The van der Waals surface area contributed by atoms with Gasteiger partial charge in [-0.15, -0.1) is 0 Å². The van der Waals surface area contributed by atoms with Gasteiger partial charge in [0.25, 0.3) is 5.92 Å². The second-order valence-corrected chi connectivity index (χ2v) is 6.84. The molecular formula is C21H22F2N2O. The molecule has 1 aliphatic heterocycles. The minimum absolute atomic E-state index is 0.526. The molecule has 0 radical (unpaired) electrons. The number of rotatable bonds is 4. The van der Waals surface area contributed by atoms with Crippen molar-refractivity contribution in [1.29, 1.82) is 0 Å². The molecule has 0 aromatic heterocycles. The zero-order valence-corrected chi connectivity index (χ0v) is 14.5. The first-order valence-electron chi connectivity index (χ1n) is 8.95. The van der Waals surface area contributed by atoms with Gasteiger partial charge in [-0.25, -0.2) is 8.78 Å². The summed E-state index contributed by atoms with van der Waals surface area (Å²) in [6.07, 6.45) is 0. The van der Waals surface area contributed by atoms with Crippen molar-refractivity contribution in [2.45, 2.75) is 12.0 Å². The van der Waals surface area contributed by atoms with Crippen LogP contribution in [0.4, 0.5) is 8.78 Å². The van der Waals surface area contributed by atoms with Crippen molar-refractivity contribution in [3.63, 3.8) is 0 Å². The molecule has 3 aromatic rings. The summed E-state index contributed by atoms with van der Waals surface area (Å²) in [6.45, 7) is 1.22. The first-order chi connectivity index (χ1) is 12.6. The van der Waals surface area contributed by atoms with E-state index in [0.29, 0.717) is 31.7 Å². The van der Waals surface area contributed by atoms with Crippen LogP contribution in [0.3, 0.4) is 0 Å². The summed E-state index contributed by atoms with van der Waals surface area (Å²) < 4.78 is 30.1. The quantitative estimate of drug-likeness (QED) is 0.702. The molecule has 3 aromatic carbocycles. The molecule has 1 heterocycles. The van der Waals surface area contributed by atoms with Crippen LogP contribution >= 0.6 is 0 Å². The Morgan fingerprint density at radius 3 is 2.04 bits per heavy atom. The summed E-state index contributed by atoms with van der Waals surface area (Å²) in [4.78, 5) is 1.81. The van der Waals surface area contributed by atoms with Gasteiger partial charge in [-0.05, 0) is 33.2 Å². The monoisotopic (exact) mass is 356 g/mol. The number of fused-ring (bicyclic) bond motifs is 2. The second-order valence-electron chi connectivity index (χ2n) is 6.84. The Morgan fingerprint density at radius 1 is 0.962 bits per heavy atom. The molecule has 1 aliphatic rings. The minimum atomic E-state index is -3.23. The van der Waals surface area contributed by atoms with Crippen LogP contribution in [0.1, 0.15) is 11.6 Å². The Balaban J connectivity index is 2.03. The van der Waals surface area contributed by atoms with Gasteiger partial charge in [0.05, 0.1) is 0 Å². The molecule has 0 amide bonds. The molecule has 1 saturated heterocycles. The molecule has 1 fully saturated rings. The molecule has 26 heavy (non-hydrogen) atoms. The Labute approximate surface area is 151 Å². The maximum atomic E-state index is 15.0. The fourth-order valence-electron chi connectivity index (χ4n) is 4.03. The molecule has 0 bridgehead atoms. The molecule has 0 spiro atoms. The number of aliphatic hydroxyl groups is 1. The van der Waals surface area contributed by atoms with Crippen LogP contribution in [-0.2, 0) is 0 Å². The third-order valence-electron chi connectivity index (χ3n) is 5.21. The zero-order chi connectivity index (χ0) is 18.1. The van der Waals surface area contributed by atoms with Gasteiger partial charge >= 0.3 is 0 Å². The molecule has 136 valence electrons. The second kappa shape index (κ2) is 6.91. The van der Waals surface area contributed by atoms with Crippen LogP contribution in [0.2, 0.25) is 0 Å². The van der Waals surface area contributed by atoms with Crippen LogP contribution in [0.15, 0.2) is 54.6 Å². The summed E-state index contributed by atoms with van der Waals surface area (Å²) in [5, 5.41) is 16.2. The highest BCUT2D eigenvalue weighted by Crippen LogP contribution is 2.43. The van der Waals surface area contributed by atoms with Gasteiger partial charge in [0.15, 0.2) is 0 Å². The average molecular weight is 356 g/mol. The highest BCUT2D eigenvalue weighted by molar-refractivity contribution is 6.02. The molecule has 0 saturated carbocycles. The molecular weight excluding hydrogens is 334 g/mol. The third kappa shape index (κ3) is 2.96. The van der Waals surface area contributed by atoms with Crippen molar-refractivity contribution < 1.29 is 13.9 Å². The van der Waals surface area contributed by atoms with Crippen molar-refractivity contribution in [2.75, 3.05) is 32.8 Å². The van der Waals surface area contributed by atoms with Gasteiger partial charge in [-0.3, -0.25) is 4.90 Å². The van der Waals surface area contributed by atoms with E-state index in [1.807, 2.05) is 54.6 Å². The first-order valence-corrected chi connectivity index (χ1v) is 8.95. The SMILES string of the molecule is OCC(F)(F)[C@H](c1c2ccccc2cc2ccccc12)N1CCNCC1. The van der Waals surface area contributed by atoms with Gasteiger partial charge in [-0.1, -0.05) is 48.5 Å². The van der Waals surface area contributed by atoms with E-state index in [2.05, 4.69) is 5.32 Å². The Bertz CT molecular complexity index is 868. The van der Waals surface area contributed by atoms with Gasteiger partial charge in [0.2, 0.25) is 0 Å². The lowest BCUT2D eigenvalue weighted by Gasteiger charge is -2.39. The Kier molecular flexibility index (Phi) is 4.61. The van der Waals surface area contributed by atoms with Gasteiger partial charge in [0, 0.05) is 26.2 Å². The Hall–Kier alpha value is -2.08. The van der Waals surface area contributed by atoms with E-state index in [1.165, 1.54) is 0 Å². The number of alkyl halides is 2. The van der Waals surface area contributed by atoms with E-state index in [9.17, 15) is 5.11 Å². The van der Waals surface area contributed by atoms with E-state index in [-0.39, 0.29) is 0 Å². The number of benzene rings is 3. The fourth-order valence-corrected chi connectivity index (χ4v) is 4.03. The molecule has 3 nitrogen and oxygen atoms in total. The van der Waals surface area contributed by atoms with E-state index in [1.54, 1.807) is 4.90 Å². The lowest BCUT2D eigenvalue weighted by molar-refractivity contribution is -0.117. The smallest absolute Gasteiger partial charge is 0.289 e. The fraction of sp³-hybridized carbons (Fsp3) is 0.333. The average Bonchev–Trinajstić information content (AvgIpc) is 2.68. The molecule has 1 atom stereocenters. The minimum Gasteiger partial charge on any atom is -0.390 e. The molecule has 0 unspecified atom stereocenters. The van der Waals surface area contributed by atoms with Crippen molar-refractivity contribution >= 4 is 21.5 Å². The number of piperazine rings is 1. The van der Waals surface area contributed by atoms with Crippen LogP contribution in [0, 0.1) is 0 Å². The Morgan fingerprint density at radius 2 is 1.50 bits per heavy atom. The molecule has 4 rings (SSSR count). The summed E-state index contributed by atoms with van der Waals surface area (Å²) in [6, 6.07) is 16.2. The number of nitrogens with zero attached hydrogens (tertiary/aromatic N) is 1. The predicted molar refractivity (Wildman–Crippen MR) is 101 cm³/mol. The van der Waals surface area contributed by atoms with Crippen molar-refractivity contribution in [2.24, 2.45) is 0 Å². The zero-order valence-electron chi connectivity index (χ0n) is 14.5. The maximum Gasteiger partial charge on any atom is 0.289 e. The van der Waals surface area contributed by atoms with Crippen LogP contribution in [0.25, 0.3) is 21.5 Å². The van der Waals surface area contributed by atoms with Crippen molar-refractivity contribution in [3.05, 3.63) is 60.2 Å². The van der Waals surface area contributed by atoms with Gasteiger partial charge < -0.3 is 10.4 Å². The number of hydrogen-bond donors (Lipinski definition) is 2. The van der Waals surface area contributed by atoms with Crippen molar-refractivity contribution in [3.8, 4) is 0 Å². The van der Waals surface area contributed by atoms with Crippen LogP contribution < -0.4 is 5.32 Å². The van der Waals surface area contributed by atoms with Gasteiger partial charge in [0.1, 0.15) is 12.6 Å². The van der Waals surface area contributed by atoms with Crippen LogP contribution in [-0.4, -0.2) is 48.7 Å². The molecule has 2 N–H and O–H groups in total. The highest BCUT2D eigenvalue weighted by atomic mass is 19.3. The maximum absolute atomic E-state index is 15.0.